The molecule has 1 aliphatic rings. The molecule has 15 heavy (non-hydrogen) atoms. The Kier molecular flexibility index (Phi) is 2.78. The van der Waals surface area contributed by atoms with Gasteiger partial charge in [0.1, 0.15) is 0 Å². The van der Waals surface area contributed by atoms with Crippen LogP contribution in [0.3, 0.4) is 0 Å². The second-order valence-electron chi connectivity index (χ2n) is 3.02. The molecule has 0 spiro atoms. The van der Waals surface area contributed by atoms with E-state index >= 15 is 0 Å². The van der Waals surface area contributed by atoms with Crippen LogP contribution in [-0.2, 0) is 23.9 Å². The number of carbonyl (C=O) groups excluding carboxylic acids is 3. The van der Waals surface area contributed by atoms with Crippen LogP contribution in [-0.4, -0.2) is 35.4 Å². The minimum absolute atomic E-state index is 0.0717. The van der Waals surface area contributed by atoms with E-state index in [9.17, 15) is 19.5 Å². The lowest BCUT2D eigenvalue weighted by Crippen LogP contribution is -2.44. The first-order chi connectivity index (χ1) is 6.97. The highest BCUT2D eigenvalue weighted by Crippen LogP contribution is 2.29. The number of aliphatic hydroxyl groups is 1. The van der Waals surface area contributed by atoms with Crippen LogP contribution in [0.5, 0.6) is 0 Å². The van der Waals surface area contributed by atoms with Gasteiger partial charge in [-0.2, -0.15) is 0 Å². The third-order valence-electron chi connectivity index (χ3n) is 1.97. The summed E-state index contributed by atoms with van der Waals surface area (Å²) in [6, 6.07) is 0. The summed E-state index contributed by atoms with van der Waals surface area (Å²) in [5, 5.41) is 9.18. The van der Waals surface area contributed by atoms with Crippen LogP contribution in [0.2, 0.25) is 0 Å². The standard InChI is InChI=1S/C9H10O6/c1-3-14-8(13)9(2)7(12)6(11)5(4-10)15-9/h4,11H,3H2,1-2H3. The molecule has 1 heterocycles. The predicted molar refractivity (Wildman–Crippen MR) is 46.8 cm³/mol. The Morgan fingerprint density at radius 3 is 2.67 bits per heavy atom. The Morgan fingerprint density at radius 1 is 1.67 bits per heavy atom. The summed E-state index contributed by atoms with van der Waals surface area (Å²) in [5.41, 5.74) is -1.95. The molecule has 1 atom stereocenters. The van der Waals surface area contributed by atoms with Gasteiger partial charge in [0, 0.05) is 0 Å². The van der Waals surface area contributed by atoms with Crippen LogP contribution >= 0.6 is 0 Å². The number of ether oxygens (including phenoxy) is 2. The van der Waals surface area contributed by atoms with Gasteiger partial charge in [0.2, 0.25) is 11.5 Å². The van der Waals surface area contributed by atoms with Crippen molar-refractivity contribution in [2.75, 3.05) is 6.61 Å². The summed E-state index contributed by atoms with van der Waals surface area (Å²) in [7, 11) is 0. The van der Waals surface area contributed by atoms with Crippen molar-refractivity contribution in [1.82, 2.24) is 0 Å². The summed E-state index contributed by atoms with van der Waals surface area (Å²) in [6.45, 7) is 2.77. The molecule has 0 aromatic rings. The number of aldehydes is 1. The van der Waals surface area contributed by atoms with Crippen molar-refractivity contribution in [3.8, 4) is 0 Å². The van der Waals surface area contributed by atoms with E-state index in [1.54, 1.807) is 6.92 Å². The fourth-order valence-electron chi connectivity index (χ4n) is 1.14. The number of allylic oxidation sites excluding steroid dienone is 1. The number of hydrogen-bond acceptors (Lipinski definition) is 6. The lowest BCUT2D eigenvalue weighted by molar-refractivity contribution is -0.166. The molecule has 0 saturated carbocycles. The number of ketones is 1. The van der Waals surface area contributed by atoms with Gasteiger partial charge in [-0.1, -0.05) is 0 Å². The average Bonchev–Trinajstić information content (AvgIpc) is 2.44. The number of hydrogen-bond donors (Lipinski definition) is 1. The smallest absolute Gasteiger partial charge is 0.358 e. The fraction of sp³-hybridized carbons (Fsp3) is 0.444. The molecule has 0 bridgehead atoms. The zero-order valence-electron chi connectivity index (χ0n) is 8.27. The van der Waals surface area contributed by atoms with Crippen molar-refractivity contribution in [3.63, 3.8) is 0 Å². The molecule has 1 aliphatic heterocycles. The number of Topliss-reactive ketones (excluding diaryl/α,β-unsaturated/α-hetero) is 1. The Morgan fingerprint density at radius 2 is 2.27 bits per heavy atom. The summed E-state index contributed by atoms with van der Waals surface area (Å²) in [5.74, 6) is -3.29. The molecule has 0 aromatic carbocycles. The van der Waals surface area contributed by atoms with Gasteiger partial charge in [0.15, 0.2) is 6.29 Å². The van der Waals surface area contributed by atoms with Gasteiger partial charge in [-0.25, -0.2) is 4.79 Å². The van der Waals surface area contributed by atoms with E-state index in [4.69, 9.17) is 4.74 Å². The number of esters is 1. The summed E-state index contributed by atoms with van der Waals surface area (Å²) in [6.07, 6.45) is 0.164. The van der Waals surface area contributed by atoms with Crippen LogP contribution < -0.4 is 0 Å². The first kappa shape index (κ1) is 11.2. The van der Waals surface area contributed by atoms with Crippen molar-refractivity contribution >= 4 is 18.0 Å². The van der Waals surface area contributed by atoms with Crippen LogP contribution in [0.25, 0.3) is 0 Å². The highest BCUT2D eigenvalue weighted by atomic mass is 16.6. The molecule has 6 heteroatoms. The number of carbonyl (C=O) groups is 3. The zero-order chi connectivity index (χ0) is 11.6. The molecule has 0 aliphatic carbocycles. The van der Waals surface area contributed by atoms with Gasteiger partial charge < -0.3 is 14.6 Å². The van der Waals surface area contributed by atoms with Crippen molar-refractivity contribution in [3.05, 3.63) is 11.5 Å². The molecule has 0 aromatic heterocycles. The van der Waals surface area contributed by atoms with E-state index in [-0.39, 0.29) is 12.9 Å². The molecule has 0 fully saturated rings. The maximum absolute atomic E-state index is 11.4. The number of aliphatic hydroxyl groups excluding tert-OH is 1. The van der Waals surface area contributed by atoms with Crippen molar-refractivity contribution in [2.24, 2.45) is 0 Å². The van der Waals surface area contributed by atoms with Crippen LogP contribution in [0.1, 0.15) is 13.8 Å². The van der Waals surface area contributed by atoms with Crippen molar-refractivity contribution < 1.29 is 29.0 Å². The molecular formula is C9H10O6. The van der Waals surface area contributed by atoms with E-state index in [1.165, 1.54) is 0 Å². The Bertz CT molecular complexity index is 356. The second kappa shape index (κ2) is 3.72. The molecular weight excluding hydrogens is 204 g/mol. The van der Waals surface area contributed by atoms with Crippen molar-refractivity contribution in [2.45, 2.75) is 19.4 Å². The third-order valence-corrected chi connectivity index (χ3v) is 1.97. The molecule has 82 valence electrons. The SMILES string of the molecule is CCOC(=O)C1(C)OC(C=O)=C(O)C1=O. The molecule has 0 amide bonds. The quantitative estimate of drug-likeness (QED) is 0.400. The van der Waals surface area contributed by atoms with Crippen LogP contribution in [0, 0.1) is 0 Å². The highest BCUT2D eigenvalue weighted by molar-refractivity contribution is 6.17. The average molecular weight is 214 g/mol. The van der Waals surface area contributed by atoms with Crippen LogP contribution in [0.4, 0.5) is 0 Å². The predicted octanol–water partition coefficient (Wildman–Crippen LogP) is -0.124. The van der Waals surface area contributed by atoms with Crippen molar-refractivity contribution in [1.29, 1.82) is 0 Å². The van der Waals surface area contributed by atoms with E-state index in [1.807, 2.05) is 0 Å². The molecule has 6 nitrogen and oxygen atoms in total. The van der Waals surface area contributed by atoms with Gasteiger partial charge in [0.05, 0.1) is 6.61 Å². The van der Waals surface area contributed by atoms with Gasteiger partial charge >= 0.3 is 5.97 Å². The summed E-state index contributed by atoms with van der Waals surface area (Å²) in [4.78, 5) is 33.2. The van der Waals surface area contributed by atoms with Gasteiger partial charge in [-0.15, -0.1) is 0 Å². The third kappa shape index (κ3) is 1.58. The fourth-order valence-corrected chi connectivity index (χ4v) is 1.14. The normalized spacial score (nSPS) is 25.1. The monoisotopic (exact) mass is 214 g/mol. The zero-order valence-corrected chi connectivity index (χ0v) is 8.27. The highest BCUT2D eigenvalue weighted by Gasteiger charge is 2.53. The molecule has 1 rings (SSSR count). The number of rotatable bonds is 3. The summed E-state index contributed by atoms with van der Waals surface area (Å²) < 4.78 is 9.38. The first-order valence-corrected chi connectivity index (χ1v) is 4.26. The van der Waals surface area contributed by atoms with Gasteiger partial charge in [0.25, 0.3) is 11.4 Å². The molecule has 0 radical (unpaired) electrons. The maximum Gasteiger partial charge on any atom is 0.358 e. The minimum Gasteiger partial charge on any atom is -0.502 e. The van der Waals surface area contributed by atoms with E-state index < -0.39 is 28.9 Å². The molecule has 1 unspecified atom stereocenters. The maximum atomic E-state index is 11.4. The second-order valence-corrected chi connectivity index (χ2v) is 3.02. The van der Waals surface area contributed by atoms with E-state index in [2.05, 4.69) is 4.74 Å². The lowest BCUT2D eigenvalue weighted by atomic mass is 10.0. The van der Waals surface area contributed by atoms with E-state index in [0.29, 0.717) is 0 Å². The van der Waals surface area contributed by atoms with Gasteiger partial charge in [-0.3, -0.25) is 9.59 Å². The Balaban J connectivity index is 2.98. The topological polar surface area (TPSA) is 89.9 Å². The molecule has 0 saturated heterocycles. The molecule has 1 N–H and O–H groups in total. The Hall–Kier alpha value is -1.85. The van der Waals surface area contributed by atoms with Crippen LogP contribution in [0.15, 0.2) is 11.5 Å². The van der Waals surface area contributed by atoms with E-state index in [0.717, 1.165) is 6.92 Å². The minimum atomic E-state index is -1.95. The largest absolute Gasteiger partial charge is 0.502 e. The summed E-state index contributed by atoms with van der Waals surface area (Å²) >= 11 is 0. The Labute approximate surface area is 85.5 Å². The first-order valence-electron chi connectivity index (χ1n) is 4.26. The lowest BCUT2D eigenvalue weighted by Gasteiger charge is -2.19. The van der Waals surface area contributed by atoms with Gasteiger partial charge in [-0.05, 0) is 13.8 Å².